The molecule has 0 saturated heterocycles. The molecule has 3 heterocycles. The monoisotopic (exact) mass is 369 g/mol. The van der Waals surface area contributed by atoms with E-state index in [0.717, 1.165) is 35.4 Å². The number of nitrogens with zero attached hydrogens (tertiary/aromatic N) is 1. The average molecular weight is 369 g/mol. The van der Waals surface area contributed by atoms with Gasteiger partial charge in [-0.1, -0.05) is 20.8 Å². The summed E-state index contributed by atoms with van der Waals surface area (Å²) in [4.78, 5) is 23.9. The molecule has 0 radical (unpaired) electrons. The Morgan fingerprint density at radius 3 is 2.44 bits per heavy atom. The van der Waals surface area contributed by atoms with E-state index >= 15 is 0 Å². The Morgan fingerprint density at radius 1 is 1.15 bits per heavy atom. The fraction of sp³-hybridized carbons (Fsp3) is 0.429. The topological polar surface area (TPSA) is 77.8 Å². The van der Waals surface area contributed by atoms with Crippen molar-refractivity contribution < 1.29 is 19.4 Å². The number of ether oxygens (including phenoxy) is 2. The first kappa shape index (κ1) is 17.6. The van der Waals surface area contributed by atoms with Gasteiger partial charge >= 0.3 is 5.97 Å². The van der Waals surface area contributed by atoms with Gasteiger partial charge in [0.15, 0.2) is 16.9 Å². The van der Waals surface area contributed by atoms with Crippen molar-refractivity contribution in [3.63, 3.8) is 0 Å². The van der Waals surface area contributed by atoms with Gasteiger partial charge in [-0.2, -0.15) is 0 Å². The van der Waals surface area contributed by atoms with Crippen molar-refractivity contribution in [2.45, 2.75) is 39.7 Å². The lowest BCUT2D eigenvalue weighted by Crippen LogP contribution is -2.32. The van der Waals surface area contributed by atoms with E-state index in [1.54, 1.807) is 0 Å². The molecule has 6 heteroatoms. The van der Waals surface area contributed by atoms with Gasteiger partial charge in [0.2, 0.25) is 0 Å². The number of benzene rings is 1. The van der Waals surface area contributed by atoms with E-state index in [4.69, 9.17) is 9.47 Å². The molecule has 0 amide bonds. The Morgan fingerprint density at radius 2 is 1.81 bits per heavy atom. The minimum atomic E-state index is -1.20. The molecule has 1 atom stereocenters. The Labute approximate surface area is 157 Å². The maximum atomic E-state index is 12.4. The molecule has 2 aromatic rings. The first-order valence-corrected chi connectivity index (χ1v) is 9.18. The van der Waals surface area contributed by atoms with Gasteiger partial charge in [-0.15, -0.1) is 0 Å². The Kier molecular flexibility index (Phi) is 4.02. The highest BCUT2D eigenvalue weighted by atomic mass is 16.5. The van der Waals surface area contributed by atoms with E-state index in [1.807, 2.05) is 16.7 Å². The van der Waals surface area contributed by atoms with E-state index in [2.05, 4.69) is 20.8 Å². The molecular formula is C21H23NO5. The molecule has 142 valence electrons. The third kappa shape index (κ3) is 2.99. The minimum Gasteiger partial charge on any atom is -0.490 e. The number of carboxylic acid groups (broad SMARTS) is 1. The van der Waals surface area contributed by atoms with Gasteiger partial charge in [0, 0.05) is 30.3 Å². The van der Waals surface area contributed by atoms with Gasteiger partial charge in [-0.25, -0.2) is 4.79 Å². The van der Waals surface area contributed by atoms with Crippen LogP contribution in [-0.4, -0.2) is 28.9 Å². The van der Waals surface area contributed by atoms with Crippen molar-refractivity contribution in [2.75, 3.05) is 13.2 Å². The molecule has 0 fully saturated rings. The Balaban J connectivity index is 1.97. The predicted molar refractivity (Wildman–Crippen MR) is 101 cm³/mol. The number of fused-ring (bicyclic) bond motifs is 4. The van der Waals surface area contributed by atoms with Crippen molar-refractivity contribution >= 4 is 5.97 Å². The third-order valence-electron chi connectivity index (χ3n) is 5.31. The highest BCUT2D eigenvalue weighted by molar-refractivity contribution is 5.88. The highest BCUT2D eigenvalue weighted by Crippen LogP contribution is 2.46. The zero-order valence-electron chi connectivity index (χ0n) is 15.7. The summed E-state index contributed by atoms with van der Waals surface area (Å²) in [5.41, 5.74) is 1.89. The predicted octanol–water partition coefficient (Wildman–Crippen LogP) is 3.52. The summed E-state index contributed by atoms with van der Waals surface area (Å²) in [6.45, 7) is 7.56. The van der Waals surface area contributed by atoms with Gasteiger partial charge in [0.25, 0.3) is 0 Å². The summed E-state index contributed by atoms with van der Waals surface area (Å²) in [6.07, 6.45) is 3.04. The van der Waals surface area contributed by atoms with E-state index < -0.39 is 11.4 Å². The molecule has 6 nitrogen and oxygen atoms in total. The number of carboxylic acids is 1. The van der Waals surface area contributed by atoms with E-state index in [1.165, 1.54) is 12.3 Å². The zero-order chi connectivity index (χ0) is 19.3. The van der Waals surface area contributed by atoms with Gasteiger partial charge in [0.1, 0.15) is 5.56 Å². The van der Waals surface area contributed by atoms with Crippen molar-refractivity contribution in [1.29, 1.82) is 0 Å². The molecule has 4 rings (SSSR count). The van der Waals surface area contributed by atoms with E-state index in [-0.39, 0.29) is 17.0 Å². The molecule has 1 aromatic heterocycles. The molecule has 1 aromatic carbocycles. The lowest BCUT2D eigenvalue weighted by Gasteiger charge is -2.39. The largest absolute Gasteiger partial charge is 0.490 e. The second-order valence-corrected chi connectivity index (χ2v) is 8.24. The second kappa shape index (κ2) is 6.15. The normalized spacial score (nSPS) is 18.3. The highest BCUT2D eigenvalue weighted by Gasteiger charge is 2.34. The molecule has 1 N–H and O–H groups in total. The zero-order valence-corrected chi connectivity index (χ0v) is 15.7. The average Bonchev–Trinajstić information content (AvgIpc) is 2.82. The van der Waals surface area contributed by atoms with Crippen molar-refractivity contribution in [1.82, 2.24) is 4.57 Å². The fourth-order valence-corrected chi connectivity index (χ4v) is 3.87. The van der Waals surface area contributed by atoms with E-state index in [0.29, 0.717) is 19.0 Å². The summed E-state index contributed by atoms with van der Waals surface area (Å²) >= 11 is 0. The maximum Gasteiger partial charge on any atom is 0.341 e. The summed E-state index contributed by atoms with van der Waals surface area (Å²) in [5.74, 6) is 0.200. The van der Waals surface area contributed by atoms with Crippen LogP contribution in [0.2, 0.25) is 0 Å². The lowest BCUT2D eigenvalue weighted by molar-refractivity contribution is 0.0693. The number of hydrogen-bond acceptors (Lipinski definition) is 4. The van der Waals surface area contributed by atoms with Crippen LogP contribution in [0.1, 0.15) is 49.2 Å². The van der Waals surface area contributed by atoms with Crippen LogP contribution in [-0.2, 0) is 6.42 Å². The maximum absolute atomic E-state index is 12.4. The van der Waals surface area contributed by atoms with Crippen LogP contribution in [0.25, 0.3) is 11.3 Å². The summed E-state index contributed by atoms with van der Waals surface area (Å²) in [7, 11) is 0. The first-order valence-electron chi connectivity index (χ1n) is 9.18. The van der Waals surface area contributed by atoms with Gasteiger partial charge < -0.3 is 19.1 Å². The molecular weight excluding hydrogens is 346 g/mol. The molecule has 2 aliphatic rings. The number of pyridine rings is 1. The first-order chi connectivity index (χ1) is 12.8. The molecule has 0 spiro atoms. The van der Waals surface area contributed by atoms with Crippen LogP contribution in [0.3, 0.4) is 0 Å². The van der Waals surface area contributed by atoms with E-state index in [9.17, 15) is 14.7 Å². The second-order valence-electron chi connectivity index (χ2n) is 8.24. The smallest absolute Gasteiger partial charge is 0.341 e. The van der Waals surface area contributed by atoms with Crippen molar-refractivity contribution in [2.24, 2.45) is 5.41 Å². The van der Waals surface area contributed by atoms with Gasteiger partial charge in [0.05, 0.1) is 18.9 Å². The molecule has 27 heavy (non-hydrogen) atoms. The minimum absolute atomic E-state index is 0.0171. The van der Waals surface area contributed by atoms with Gasteiger partial charge in [-0.3, -0.25) is 4.79 Å². The number of carbonyl (C=O) groups is 1. The van der Waals surface area contributed by atoms with Crippen LogP contribution in [0.5, 0.6) is 11.5 Å². The van der Waals surface area contributed by atoms with Crippen molar-refractivity contribution in [3.8, 4) is 22.8 Å². The SMILES string of the molecule is CC(C)(C)C1Cc2cc3c(cc2-c2cc(=O)c(C(=O)O)cn21)OCCCO3. The molecule has 0 bridgehead atoms. The van der Waals surface area contributed by atoms with Crippen LogP contribution in [0.4, 0.5) is 0 Å². The molecule has 1 unspecified atom stereocenters. The van der Waals surface area contributed by atoms with Gasteiger partial charge in [-0.05, 0) is 29.5 Å². The third-order valence-corrected chi connectivity index (χ3v) is 5.31. The fourth-order valence-electron chi connectivity index (χ4n) is 3.87. The molecule has 2 aliphatic heterocycles. The van der Waals surface area contributed by atoms with Crippen LogP contribution in [0, 0.1) is 5.41 Å². The standard InChI is InChI=1S/C21H23NO5/c1-21(2,3)19-8-12-7-17-18(27-6-4-5-26-17)9-13(12)15-10-16(23)14(20(24)25)11-22(15)19/h7,9-11,19H,4-6,8H2,1-3H3,(H,24,25). The quantitative estimate of drug-likeness (QED) is 0.832. The number of rotatable bonds is 1. The molecule has 0 aliphatic carbocycles. The number of aromatic carboxylic acids is 1. The Bertz CT molecular complexity index is 983. The van der Waals surface area contributed by atoms with Crippen molar-refractivity contribution in [3.05, 3.63) is 45.7 Å². The molecule has 0 saturated carbocycles. The summed E-state index contributed by atoms with van der Waals surface area (Å²) in [5, 5.41) is 9.39. The summed E-state index contributed by atoms with van der Waals surface area (Å²) in [6, 6.07) is 5.38. The Hall–Kier alpha value is -2.76. The number of hydrogen-bond donors (Lipinski definition) is 1. The summed E-state index contributed by atoms with van der Waals surface area (Å²) < 4.78 is 13.6. The van der Waals surface area contributed by atoms with Crippen LogP contribution < -0.4 is 14.9 Å². The number of aromatic nitrogens is 1. The van der Waals surface area contributed by atoms with Crippen LogP contribution in [0.15, 0.2) is 29.2 Å². The van der Waals surface area contributed by atoms with Crippen LogP contribution >= 0.6 is 0 Å². The lowest BCUT2D eigenvalue weighted by atomic mass is 9.78.